The lowest BCUT2D eigenvalue weighted by Crippen LogP contribution is -2.36. The van der Waals surface area contributed by atoms with E-state index in [1.165, 1.54) is 11.3 Å². The van der Waals surface area contributed by atoms with E-state index < -0.39 is 0 Å². The zero-order valence-corrected chi connectivity index (χ0v) is 16.6. The highest BCUT2D eigenvalue weighted by Crippen LogP contribution is 2.27. The molecular formula is C19H18N6O3S. The first-order valence-electron chi connectivity index (χ1n) is 9.26. The predicted octanol–water partition coefficient (Wildman–Crippen LogP) is 2.10. The maximum absolute atomic E-state index is 12.3. The summed E-state index contributed by atoms with van der Waals surface area (Å²) in [6, 6.07) is 7.87. The minimum absolute atomic E-state index is 0.247. The molecule has 0 amide bonds. The quantitative estimate of drug-likeness (QED) is 0.504. The van der Waals surface area contributed by atoms with E-state index in [0.29, 0.717) is 41.8 Å². The van der Waals surface area contributed by atoms with Gasteiger partial charge in [-0.15, -0.1) is 0 Å². The van der Waals surface area contributed by atoms with Crippen LogP contribution in [-0.2, 0) is 11.3 Å². The number of thiazole rings is 1. The van der Waals surface area contributed by atoms with Crippen LogP contribution in [-0.4, -0.2) is 51.0 Å². The van der Waals surface area contributed by atoms with Gasteiger partial charge in [-0.3, -0.25) is 4.79 Å². The summed E-state index contributed by atoms with van der Waals surface area (Å²) in [5.74, 6) is 1.07. The van der Waals surface area contributed by atoms with Crippen molar-refractivity contribution in [3.05, 3.63) is 52.3 Å². The second-order valence-electron chi connectivity index (χ2n) is 6.77. The molecule has 0 N–H and O–H groups in total. The summed E-state index contributed by atoms with van der Waals surface area (Å²) < 4.78 is 13.1. The fraction of sp³-hybridized carbons (Fsp3) is 0.316. The van der Waals surface area contributed by atoms with Gasteiger partial charge in [0.1, 0.15) is 11.0 Å². The fourth-order valence-electron chi connectivity index (χ4n) is 3.29. The van der Waals surface area contributed by atoms with Crippen LogP contribution in [0.15, 0.2) is 39.9 Å². The summed E-state index contributed by atoms with van der Waals surface area (Å²) in [6.07, 6.45) is 1.55. The topological polar surface area (TPSA) is 99.2 Å². The number of ether oxygens (including phenoxy) is 1. The Morgan fingerprint density at radius 1 is 1.21 bits per heavy atom. The third-order valence-electron chi connectivity index (χ3n) is 4.71. The van der Waals surface area contributed by atoms with Crippen LogP contribution in [0.2, 0.25) is 0 Å². The number of aryl methyl sites for hydroxylation is 1. The van der Waals surface area contributed by atoms with Crippen molar-refractivity contribution in [2.24, 2.45) is 0 Å². The van der Waals surface area contributed by atoms with E-state index in [9.17, 15) is 4.79 Å². The summed E-state index contributed by atoms with van der Waals surface area (Å²) in [4.78, 5) is 27.5. The van der Waals surface area contributed by atoms with Gasteiger partial charge in [-0.05, 0) is 24.6 Å². The van der Waals surface area contributed by atoms with Crippen LogP contribution < -0.4 is 10.5 Å². The minimum atomic E-state index is -0.247. The highest BCUT2D eigenvalue weighted by atomic mass is 32.1. The summed E-state index contributed by atoms with van der Waals surface area (Å²) >= 11 is 1.39. The van der Waals surface area contributed by atoms with Gasteiger partial charge < -0.3 is 18.7 Å². The Labute approximate surface area is 169 Å². The molecule has 29 heavy (non-hydrogen) atoms. The standard InChI is InChI=1S/C19H18N6O3S/c1-12-21-18(28-23-12)14-4-2-3-13(9-14)10-25-11-20-17(26)15-16(25)22-19(29-15)24-5-7-27-8-6-24/h2-4,9,11H,5-8,10H2,1H3. The van der Waals surface area contributed by atoms with Crippen molar-refractivity contribution in [1.82, 2.24) is 24.7 Å². The first-order valence-corrected chi connectivity index (χ1v) is 10.1. The molecule has 0 spiro atoms. The van der Waals surface area contributed by atoms with Gasteiger partial charge >= 0.3 is 0 Å². The molecule has 1 saturated heterocycles. The minimum Gasteiger partial charge on any atom is -0.378 e. The third kappa shape index (κ3) is 3.52. The molecule has 0 saturated carbocycles. The lowest BCUT2D eigenvalue weighted by Gasteiger charge is -2.25. The van der Waals surface area contributed by atoms with Gasteiger partial charge in [0.15, 0.2) is 16.6 Å². The van der Waals surface area contributed by atoms with Crippen molar-refractivity contribution in [2.75, 3.05) is 31.2 Å². The average Bonchev–Trinajstić information content (AvgIpc) is 3.39. The van der Waals surface area contributed by atoms with Gasteiger partial charge in [0.25, 0.3) is 11.4 Å². The smallest absolute Gasteiger partial charge is 0.292 e. The van der Waals surface area contributed by atoms with Crippen LogP contribution in [0.1, 0.15) is 11.4 Å². The molecule has 0 atom stereocenters. The van der Waals surface area contributed by atoms with Crippen molar-refractivity contribution in [2.45, 2.75) is 13.5 Å². The van der Waals surface area contributed by atoms with Crippen molar-refractivity contribution in [1.29, 1.82) is 0 Å². The molecule has 0 bridgehead atoms. The molecule has 9 nitrogen and oxygen atoms in total. The van der Waals surface area contributed by atoms with Crippen LogP contribution >= 0.6 is 11.3 Å². The van der Waals surface area contributed by atoms with Crippen LogP contribution in [0.3, 0.4) is 0 Å². The molecule has 148 valence electrons. The van der Waals surface area contributed by atoms with Crippen molar-refractivity contribution in [3.63, 3.8) is 0 Å². The maximum Gasteiger partial charge on any atom is 0.292 e. The van der Waals surface area contributed by atoms with E-state index in [0.717, 1.165) is 29.3 Å². The van der Waals surface area contributed by atoms with Crippen molar-refractivity contribution >= 4 is 26.8 Å². The van der Waals surface area contributed by atoms with Gasteiger partial charge in [-0.1, -0.05) is 28.6 Å². The first kappa shape index (κ1) is 18.0. The second-order valence-corrected chi connectivity index (χ2v) is 7.75. The Kier molecular flexibility index (Phi) is 4.57. The van der Waals surface area contributed by atoms with E-state index in [2.05, 4.69) is 20.0 Å². The van der Waals surface area contributed by atoms with Gasteiger partial charge in [0, 0.05) is 18.7 Å². The number of hydrogen-bond donors (Lipinski definition) is 0. The molecule has 10 heteroatoms. The SMILES string of the molecule is Cc1noc(-c2cccc(Cn3cnc(=O)c4sc(N5CCOCC5)nc43)c2)n1. The van der Waals surface area contributed by atoms with E-state index in [1.54, 1.807) is 13.3 Å². The highest BCUT2D eigenvalue weighted by Gasteiger charge is 2.18. The lowest BCUT2D eigenvalue weighted by molar-refractivity contribution is 0.122. The second kappa shape index (κ2) is 7.37. The van der Waals surface area contributed by atoms with Gasteiger partial charge in [-0.25, -0.2) is 4.98 Å². The maximum atomic E-state index is 12.3. The molecule has 4 aromatic rings. The molecule has 1 fully saturated rings. The Morgan fingerprint density at radius 2 is 2.07 bits per heavy atom. The Bertz CT molecular complexity index is 1220. The number of aromatic nitrogens is 5. The normalized spacial score (nSPS) is 14.6. The van der Waals surface area contributed by atoms with Gasteiger partial charge in [-0.2, -0.15) is 9.97 Å². The zero-order valence-electron chi connectivity index (χ0n) is 15.7. The number of hydrogen-bond acceptors (Lipinski definition) is 9. The van der Waals surface area contributed by atoms with E-state index in [-0.39, 0.29) is 5.56 Å². The Balaban J connectivity index is 1.50. The molecule has 5 rings (SSSR count). The van der Waals surface area contributed by atoms with E-state index in [4.69, 9.17) is 14.2 Å². The summed E-state index contributed by atoms with van der Waals surface area (Å²) in [5.41, 5.74) is 2.27. The lowest BCUT2D eigenvalue weighted by atomic mass is 10.1. The van der Waals surface area contributed by atoms with Gasteiger partial charge in [0.05, 0.1) is 19.8 Å². The third-order valence-corrected chi connectivity index (χ3v) is 5.81. The molecule has 0 radical (unpaired) electrons. The highest BCUT2D eigenvalue weighted by molar-refractivity contribution is 7.22. The molecule has 0 aliphatic carbocycles. The van der Waals surface area contributed by atoms with Crippen LogP contribution in [0, 0.1) is 6.92 Å². The summed E-state index contributed by atoms with van der Waals surface area (Å²) in [7, 11) is 0. The number of anilines is 1. The predicted molar refractivity (Wildman–Crippen MR) is 108 cm³/mol. The fourth-order valence-corrected chi connectivity index (χ4v) is 4.31. The van der Waals surface area contributed by atoms with Crippen LogP contribution in [0.5, 0.6) is 0 Å². The van der Waals surface area contributed by atoms with Gasteiger partial charge in [0.2, 0.25) is 0 Å². The number of benzene rings is 1. The number of fused-ring (bicyclic) bond motifs is 1. The molecule has 0 unspecified atom stereocenters. The molecule has 1 aromatic carbocycles. The average molecular weight is 410 g/mol. The molecule has 3 aromatic heterocycles. The van der Waals surface area contributed by atoms with E-state index >= 15 is 0 Å². The molecular weight excluding hydrogens is 392 g/mol. The summed E-state index contributed by atoms with van der Waals surface area (Å²) in [6.45, 7) is 5.19. The molecule has 1 aliphatic heterocycles. The first-order chi connectivity index (χ1) is 14.2. The van der Waals surface area contributed by atoms with Crippen molar-refractivity contribution in [3.8, 4) is 11.5 Å². The summed E-state index contributed by atoms with van der Waals surface area (Å²) in [5, 5.41) is 4.68. The Hall–Kier alpha value is -3.11. The van der Waals surface area contributed by atoms with Crippen molar-refractivity contribution < 1.29 is 9.26 Å². The molecule has 4 heterocycles. The number of morpholine rings is 1. The largest absolute Gasteiger partial charge is 0.378 e. The monoisotopic (exact) mass is 410 g/mol. The van der Waals surface area contributed by atoms with E-state index in [1.807, 2.05) is 28.8 Å². The van der Waals surface area contributed by atoms with Crippen LogP contribution in [0.4, 0.5) is 5.13 Å². The Morgan fingerprint density at radius 3 is 2.86 bits per heavy atom. The molecule has 1 aliphatic rings. The number of nitrogens with zero attached hydrogens (tertiary/aromatic N) is 6. The number of rotatable bonds is 4. The zero-order chi connectivity index (χ0) is 19.8. The van der Waals surface area contributed by atoms with Crippen LogP contribution in [0.25, 0.3) is 21.8 Å².